The van der Waals surface area contributed by atoms with Gasteiger partial charge in [0, 0.05) is 16.3 Å². The van der Waals surface area contributed by atoms with E-state index in [1.54, 1.807) is 6.07 Å². The SMILES string of the molecule is CNCc1ccc(Sc2cccc(F)c2)c(Cl)c1. The third kappa shape index (κ3) is 3.48. The van der Waals surface area contributed by atoms with Crippen LogP contribution in [0.15, 0.2) is 52.3 Å². The van der Waals surface area contributed by atoms with E-state index in [2.05, 4.69) is 5.32 Å². The van der Waals surface area contributed by atoms with Crippen LogP contribution in [-0.4, -0.2) is 7.05 Å². The molecule has 0 spiro atoms. The van der Waals surface area contributed by atoms with Gasteiger partial charge in [0.2, 0.25) is 0 Å². The zero-order valence-corrected chi connectivity index (χ0v) is 11.5. The minimum Gasteiger partial charge on any atom is -0.316 e. The second-order valence-electron chi connectivity index (χ2n) is 3.85. The van der Waals surface area contributed by atoms with Crippen molar-refractivity contribution in [3.63, 3.8) is 0 Å². The van der Waals surface area contributed by atoms with E-state index in [-0.39, 0.29) is 5.82 Å². The largest absolute Gasteiger partial charge is 0.316 e. The van der Waals surface area contributed by atoms with Gasteiger partial charge in [0.25, 0.3) is 0 Å². The molecule has 0 fully saturated rings. The summed E-state index contributed by atoms with van der Waals surface area (Å²) in [5.41, 5.74) is 1.13. The number of nitrogens with one attached hydrogen (secondary N) is 1. The Balaban J connectivity index is 2.19. The molecule has 1 nitrogen and oxygen atoms in total. The number of halogens is 2. The molecule has 1 N–H and O–H groups in total. The lowest BCUT2D eigenvalue weighted by molar-refractivity contribution is 0.624. The van der Waals surface area contributed by atoms with Crippen molar-refractivity contribution in [1.82, 2.24) is 5.32 Å². The molecule has 2 rings (SSSR count). The first kappa shape index (κ1) is 13.4. The molecular weight excluding hydrogens is 269 g/mol. The third-order valence-electron chi connectivity index (χ3n) is 2.40. The van der Waals surface area contributed by atoms with Crippen molar-refractivity contribution in [1.29, 1.82) is 0 Å². The zero-order valence-electron chi connectivity index (χ0n) is 9.91. The second-order valence-corrected chi connectivity index (χ2v) is 5.38. The van der Waals surface area contributed by atoms with E-state index in [1.807, 2.05) is 31.3 Å². The van der Waals surface area contributed by atoms with Crippen LogP contribution in [-0.2, 0) is 6.54 Å². The van der Waals surface area contributed by atoms with Crippen molar-refractivity contribution in [2.45, 2.75) is 16.3 Å². The number of benzene rings is 2. The summed E-state index contributed by atoms with van der Waals surface area (Å²) in [6, 6.07) is 12.4. The lowest BCUT2D eigenvalue weighted by Crippen LogP contribution is -2.04. The summed E-state index contributed by atoms with van der Waals surface area (Å²) in [5.74, 6) is -0.233. The van der Waals surface area contributed by atoms with Gasteiger partial charge in [0.1, 0.15) is 5.82 Å². The summed E-state index contributed by atoms with van der Waals surface area (Å²) >= 11 is 7.68. The molecule has 0 aliphatic heterocycles. The molecule has 0 radical (unpaired) electrons. The van der Waals surface area contributed by atoms with Gasteiger partial charge >= 0.3 is 0 Å². The highest BCUT2D eigenvalue weighted by molar-refractivity contribution is 7.99. The van der Waals surface area contributed by atoms with Gasteiger partial charge in [-0.15, -0.1) is 0 Å². The number of hydrogen-bond donors (Lipinski definition) is 1. The lowest BCUT2D eigenvalue weighted by atomic mass is 10.2. The first-order valence-electron chi connectivity index (χ1n) is 5.55. The summed E-state index contributed by atoms with van der Waals surface area (Å²) in [7, 11) is 1.89. The topological polar surface area (TPSA) is 12.0 Å². The molecule has 94 valence electrons. The predicted molar refractivity (Wildman–Crippen MR) is 74.7 cm³/mol. The van der Waals surface area contributed by atoms with Crippen LogP contribution < -0.4 is 5.32 Å². The summed E-state index contributed by atoms with van der Waals surface area (Å²) in [4.78, 5) is 1.78. The minimum atomic E-state index is -0.233. The van der Waals surface area contributed by atoms with Gasteiger partial charge in [-0.3, -0.25) is 0 Å². The molecule has 0 unspecified atom stereocenters. The van der Waals surface area contributed by atoms with Gasteiger partial charge in [-0.2, -0.15) is 0 Å². The maximum absolute atomic E-state index is 13.1. The minimum absolute atomic E-state index is 0.233. The Hall–Kier alpha value is -1.03. The van der Waals surface area contributed by atoms with Crippen molar-refractivity contribution in [2.75, 3.05) is 7.05 Å². The molecule has 0 aliphatic carbocycles. The Labute approximate surface area is 115 Å². The molecule has 0 aromatic heterocycles. The van der Waals surface area contributed by atoms with Gasteiger partial charge in [0.05, 0.1) is 5.02 Å². The van der Waals surface area contributed by atoms with Gasteiger partial charge < -0.3 is 5.32 Å². The first-order chi connectivity index (χ1) is 8.69. The van der Waals surface area contributed by atoms with Crippen LogP contribution in [0.1, 0.15) is 5.56 Å². The van der Waals surface area contributed by atoms with Crippen LogP contribution in [0.4, 0.5) is 4.39 Å². The second kappa shape index (κ2) is 6.23. The molecule has 0 saturated heterocycles. The third-order valence-corrected chi connectivity index (χ3v) is 3.89. The number of hydrogen-bond acceptors (Lipinski definition) is 2. The molecular formula is C14H13ClFNS. The van der Waals surface area contributed by atoms with Crippen molar-refractivity contribution < 1.29 is 4.39 Å². The van der Waals surface area contributed by atoms with Gasteiger partial charge in [-0.25, -0.2) is 4.39 Å². The van der Waals surface area contributed by atoms with Crippen LogP contribution in [0.3, 0.4) is 0 Å². The predicted octanol–water partition coefficient (Wildman–Crippen LogP) is 4.35. The van der Waals surface area contributed by atoms with Gasteiger partial charge in [-0.1, -0.05) is 35.5 Å². The highest BCUT2D eigenvalue weighted by Crippen LogP contribution is 2.33. The Kier molecular flexibility index (Phi) is 4.64. The molecule has 4 heteroatoms. The highest BCUT2D eigenvalue weighted by Gasteiger charge is 2.04. The smallest absolute Gasteiger partial charge is 0.124 e. The van der Waals surface area contributed by atoms with Crippen molar-refractivity contribution in [3.05, 3.63) is 58.9 Å². The van der Waals surface area contributed by atoms with E-state index in [0.717, 1.165) is 21.9 Å². The monoisotopic (exact) mass is 281 g/mol. The van der Waals surface area contributed by atoms with E-state index in [1.165, 1.54) is 23.9 Å². The van der Waals surface area contributed by atoms with Crippen LogP contribution in [0, 0.1) is 5.82 Å². The van der Waals surface area contributed by atoms with Crippen molar-refractivity contribution in [3.8, 4) is 0 Å². The van der Waals surface area contributed by atoms with E-state index in [4.69, 9.17) is 11.6 Å². The normalized spacial score (nSPS) is 10.6. The fourth-order valence-corrected chi connectivity index (χ4v) is 2.78. The Bertz CT molecular complexity index is 545. The Morgan fingerprint density at radius 1 is 1.22 bits per heavy atom. The standard InChI is InChI=1S/C14H13ClFNS/c1-17-9-10-5-6-14(13(15)7-10)18-12-4-2-3-11(16)8-12/h2-8,17H,9H2,1H3. The molecule has 0 heterocycles. The average Bonchev–Trinajstić information content (AvgIpc) is 2.33. The number of rotatable bonds is 4. The molecule has 0 bridgehead atoms. The fraction of sp³-hybridized carbons (Fsp3) is 0.143. The van der Waals surface area contributed by atoms with Crippen LogP contribution in [0.25, 0.3) is 0 Å². The van der Waals surface area contributed by atoms with Crippen LogP contribution >= 0.6 is 23.4 Å². The maximum Gasteiger partial charge on any atom is 0.124 e. The lowest BCUT2D eigenvalue weighted by Gasteiger charge is -2.07. The maximum atomic E-state index is 13.1. The van der Waals surface area contributed by atoms with Crippen molar-refractivity contribution in [2.24, 2.45) is 0 Å². The molecule has 0 atom stereocenters. The quantitative estimate of drug-likeness (QED) is 0.894. The van der Waals surface area contributed by atoms with Crippen LogP contribution in [0.2, 0.25) is 5.02 Å². The van der Waals surface area contributed by atoms with E-state index in [9.17, 15) is 4.39 Å². The fourth-order valence-electron chi connectivity index (χ4n) is 1.60. The summed E-state index contributed by atoms with van der Waals surface area (Å²) in [6.45, 7) is 0.782. The molecule has 0 saturated carbocycles. The van der Waals surface area contributed by atoms with E-state index in [0.29, 0.717) is 5.02 Å². The van der Waals surface area contributed by atoms with E-state index >= 15 is 0 Å². The summed E-state index contributed by atoms with van der Waals surface area (Å²) < 4.78 is 13.1. The summed E-state index contributed by atoms with van der Waals surface area (Å²) in [6.07, 6.45) is 0. The Morgan fingerprint density at radius 3 is 2.72 bits per heavy atom. The molecule has 18 heavy (non-hydrogen) atoms. The summed E-state index contributed by atoms with van der Waals surface area (Å²) in [5, 5.41) is 3.76. The molecule has 2 aromatic carbocycles. The van der Waals surface area contributed by atoms with E-state index < -0.39 is 0 Å². The average molecular weight is 282 g/mol. The molecule has 2 aromatic rings. The van der Waals surface area contributed by atoms with Crippen molar-refractivity contribution >= 4 is 23.4 Å². The molecule has 0 amide bonds. The zero-order chi connectivity index (χ0) is 13.0. The first-order valence-corrected chi connectivity index (χ1v) is 6.75. The van der Waals surface area contributed by atoms with Crippen LogP contribution in [0.5, 0.6) is 0 Å². The van der Waals surface area contributed by atoms with Gasteiger partial charge in [-0.05, 0) is 42.9 Å². The van der Waals surface area contributed by atoms with Gasteiger partial charge in [0.15, 0.2) is 0 Å². The Morgan fingerprint density at radius 2 is 2.06 bits per heavy atom. The highest BCUT2D eigenvalue weighted by atomic mass is 35.5. The molecule has 0 aliphatic rings.